The number of likely N-dealkylation sites (tertiary alicyclic amines) is 1. The molecule has 150 valence electrons. The minimum Gasteiger partial charge on any atom is -0.443 e. The number of hydrogen-bond acceptors (Lipinski definition) is 6. The first-order chi connectivity index (χ1) is 13.1. The molecule has 0 N–H and O–H groups in total. The van der Waals surface area contributed by atoms with Crippen LogP contribution in [0.1, 0.15) is 50.8 Å². The van der Waals surface area contributed by atoms with Crippen LogP contribution >= 0.6 is 0 Å². The lowest BCUT2D eigenvalue weighted by Crippen LogP contribution is -2.57. The first kappa shape index (κ1) is 19.9. The molecule has 2 saturated heterocycles. The molecule has 2 unspecified atom stereocenters. The predicted octanol–water partition coefficient (Wildman–Crippen LogP) is 2.94. The van der Waals surface area contributed by atoms with Gasteiger partial charge in [0.2, 0.25) is 5.91 Å². The molecule has 2 heterocycles. The van der Waals surface area contributed by atoms with Gasteiger partial charge >= 0.3 is 12.2 Å². The van der Waals surface area contributed by atoms with Crippen molar-refractivity contribution >= 4 is 24.0 Å². The molecule has 0 saturated carbocycles. The molecule has 2 aliphatic heterocycles. The van der Waals surface area contributed by atoms with Gasteiger partial charge in [0, 0.05) is 6.42 Å². The zero-order valence-electron chi connectivity index (χ0n) is 16.4. The van der Waals surface area contributed by atoms with Crippen molar-refractivity contribution in [2.45, 2.75) is 58.3 Å². The van der Waals surface area contributed by atoms with E-state index in [-0.39, 0.29) is 19.4 Å². The summed E-state index contributed by atoms with van der Waals surface area (Å²) in [4.78, 5) is 51.5. The summed E-state index contributed by atoms with van der Waals surface area (Å²) in [6, 6.07) is 6.64. The largest absolute Gasteiger partial charge is 0.443 e. The van der Waals surface area contributed by atoms with Crippen molar-refractivity contribution in [3.05, 3.63) is 35.4 Å². The van der Waals surface area contributed by atoms with Gasteiger partial charge in [-0.1, -0.05) is 29.8 Å². The van der Waals surface area contributed by atoms with Gasteiger partial charge in [0.25, 0.3) is 5.91 Å². The van der Waals surface area contributed by atoms with Crippen molar-refractivity contribution in [1.29, 1.82) is 0 Å². The number of piperidine rings is 1. The molecule has 4 amide bonds. The maximum absolute atomic E-state index is 12.8. The lowest BCUT2D eigenvalue weighted by molar-refractivity contribution is -0.150. The molecule has 1 aromatic carbocycles. The van der Waals surface area contributed by atoms with Gasteiger partial charge in [-0.05, 0) is 39.7 Å². The molecule has 0 aliphatic carbocycles. The van der Waals surface area contributed by atoms with Gasteiger partial charge in [0.15, 0.2) is 0 Å². The summed E-state index contributed by atoms with van der Waals surface area (Å²) in [5.74, 6) is -1.38. The number of imide groups is 3. The van der Waals surface area contributed by atoms with Crippen LogP contribution in [0, 0.1) is 6.92 Å². The lowest BCUT2D eigenvalue weighted by Gasteiger charge is -2.34. The third kappa shape index (κ3) is 4.00. The molecule has 1 aromatic rings. The van der Waals surface area contributed by atoms with E-state index in [1.54, 1.807) is 20.8 Å². The summed E-state index contributed by atoms with van der Waals surface area (Å²) in [7, 11) is 0. The number of carbonyl (C=O) groups excluding carboxylic acids is 4. The summed E-state index contributed by atoms with van der Waals surface area (Å²) in [6.45, 7) is 7.07. The number of hydrogen-bond donors (Lipinski definition) is 0. The molecular weight excluding hydrogens is 364 g/mol. The Hall–Kier alpha value is -2.90. The average molecular weight is 388 g/mol. The summed E-state index contributed by atoms with van der Waals surface area (Å²) in [5.41, 5.74) is 1.05. The molecule has 8 heteroatoms. The van der Waals surface area contributed by atoms with Crippen molar-refractivity contribution in [3.8, 4) is 0 Å². The van der Waals surface area contributed by atoms with E-state index < -0.39 is 41.7 Å². The molecule has 0 bridgehead atoms. The number of ether oxygens (including phenoxy) is 2. The van der Waals surface area contributed by atoms with Crippen LogP contribution in [-0.2, 0) is 19.1 Å². The number of cyclic esters (lactones) is 1. The fourth-order valence-corrected chi connectivity index (χ4v) is 3.24. The topological polar surface area (TPSA) is 93.2 Å². The van der Waals surface area contributed by atoms with Crippen molar-refractivity contribution < 1.29 is 28.7 Å². The monoisotopic (exact) mass is 388 g/mol. The zero-order valence-corrected chi connectivity index (χ0v) is 16.4. The predicted molar refractivity (Wildman–Crippen MR) is 98.2 cm³/mol. The Labute approximate surface area is 163 Å². The van der Waals surface area contributed by atoms with Crippen molar-refractivity contribution in [2.75, 3.05) is 6.54 Å². The molecule has 0 spiro atoms. The van der Waals surface area contributed by atoms with Crippen LogP contribution in [0.4, 0.5) is 9.59 Å². The van der Waals surface area contributed by atoms with E-state index >= 15 is 0 Å². The molecular formula is C20H24N2O6. The summed E-state index contributed by atoms with van der Waals surface area (Å²) in [6.07, 6.45) is -2.05. The van der Waals surface area contributed by atoms with E-state index in [4.69, 9.17) is 9.47 Å². The minimum absolute atomic E-state index is 0.0331. The molecule has 8 nitrogen and oxygen atoms in total. The molecule has 3 rings (SSSR count). The van der Waals surface area contributed by atoms with Crippen LogP contribution in [0.5, 0.6) is 0 Å². The molecule has 28 heavy (non-hydrogen) atoms. The van der Waals surface area contributed by atoms with E-state index in [1.165, 1.54) is 4.90 Å². The van der Waals surface area contributed by atoms with E-state index in [2.05, 4.69) is 0 Å². The molecule has 0 aromatic heterocycles. The van der Waals surface area contributed by atoms with Crippen LogP contribution in [0.2, 0.25) is 0 Å². The van der Waals surface area contributed by atoms with Gasteiger partial charge < -0.3 is 9.47 Å². The zero-order chi connectivity index (χ0) is 20.6. The number of rotatable bonds is 2. The quantitative estimate of drug-likeness (QED) is 0.723. The smallest absolute Gasteiger partial charge is 0.424 e. The Morgan fingerprint density at radius 2 is 1.79 bits per heavy atom. The van der Waals surface area contributed by atoms with Crippen molar-refractivity contribution in [2.24, 2.45) is 0 Å². The average Bonchev–Trinajstić information content (AvgIpc) is 2.95. The standard InChI is InChI=1S/C20H24N2O6/c1-12-5-7-13(8-6-12)15-11-21(18(25)27-15)14-9-10-16(23)22(17(14)24)19(26)28-20(2,3)4/h5-8,14-15H,9-11H2,1-4H3. The minimum atomic E-state index is -1.02. The third-order valence-corrected chi connectivity index (χ3v) is 4.63. The number of amides is 4. The Kier molecular flexibility index (Phi) is 5.14. The van der Waals surface area contributed by atoms with Crippen LogP contribution in [0.15, 0.2) is 24.3 Å². The van der Waals surface area contributed by atoms with Crippen LogP contribution in [0.25, 0.3) is 0 Å². The second-order valence-electron chi connectivity index (χ2n) is 8.04. The van der Waals surface area contributed by atoms with Crippen molar-refractivity contribution in [3.63, 3.8) is 0 Å². The molecule has 2 fully saturated rings. The Morgan fingerprint density at radius 3 is 2.39 bits per heavy atom. The Morgan fingerprint density at radius 1 is 1.14 bits per heavy atom. The lowest BCUT2D eigenvalue weighted by atomic mass is 10.0. The Balaban J connectivity index is 1.76. The van der Waals surface area contributed by atoms with Gasteiger partial charge in [-0.15, -0.1) is 0 Å². The van der Waals surface area contributed by atoms with Gasteiger partial charge in [0.1, 0.15) is 17.7 Å². The van der Waals surface area contributed by atoms with E-state index in [1.807, 2.05) is 31.2 Å². The normalized spacial score (nSPS) is 23.1. The highest BCUT2D eigenvalue weighted by molar-refractivity contribution is 6.12. The number of aryl methyl sites for hydroxylation is 1. The van der Waals surface area contributed by atoms with Crippen LogP contribution in [0.3, 0.4) is 0 Å². The van der Waals surface area contributed by atoms with Crippen LogP contribution < -0.4 is 0 Å². The highest BCUT2D eigenvalue weighted by Gasteiger charge is 2.47. The maximum atomic E-state index is 12.8. The fraction of sp³-hybridized carbons (Fsp3) is 0.500. The highest BCUT2D eigenvalue weighted by Crippen LogP contribution is 2.31. The summed E-state index contributed by atoms with van der Waals surface area (Å²) in [5, 5.41) is 0. The maximum Gasteiger partial charge on any atom is 0.424 e. The van der Waals surface area contributed by atoms with Gasteiger partial charge in [-0.25, -0.2) is 9.59 Å². The molecule has 2 aliphatic rings. The summed E-state index contributed by atoms with van der Waals surface area (Å²) >= 11 is 0. The second kappa shape index (κ2) is 7.26. The number of benzene rings is 1. The van der Waals surface area contributed by atoms with Crippen molar-refractivity contribution in [1.82, 2.24) is 9.80 Å². The van der Waals surface area contributed by atoms with E-state index in [0.29, 0.717) is 4.90 Å². The second-order valence-corrected chi connectivity index (χ2v) is 8.04. The summed E-state index contributed by atoms with van der Waals surface area (Å²) < 4.78 is 10.6. The molecule has 2 atom stereocenters. The van der Waals surface area contributed by atoms with E-state index in [0.717, 1.165) is 11.1 Å². The number of carbonyl (C=O) groups is 4. The van der Waals surface area contributed by atoms with Crippen LogP contribution in [-0.4, -0.2) is 52.0 Å². The highest BCUT2D eigenvalue weighted by atomic mass is 16.6. The first-order valence-electron chi connectivity index (χ1n) is 9.20. The van der Waals surface area contributed by atoms with Gasteiger partial charge in [-0.2, -0.15) is 4.90 Å². The van der Waals surface area contributed by atoms with Gasteiger partial charge in [0.05, 0.1) is 6.54 Å². The number of nitrogens with zero attached hydrogens (tertiary/aromatic N) is 2. The SMILES string of the molecule is Cc1ccc(C2CN(C3CCC(=O)N(C(=O)OC(C)(C)C)C3=O)C(=O)O2)cc1. The first-order valence-corrected chi connectivity index (χ1v) is 9.20. The Bertz CT molecular complexity index is 811. The van der Waals surface area contributed by atoms with E-state index in [9.17, 15) is 19.2 Å². The third-order valence-electron chi connectivity index (χ3n) is 4.63. The fourth-order valence-electron chi connectivity index (χ4n) is 3.24. The molecule has 0 radical (unpaired) electrons. The van der Waals surface area contributed by atoms with Gasteiger partial charge in [-0.3, -0.25) is 14.5 Å².